The zero-order valence-electron chi connectivity index (χ0n) is 7.24. The van der Waals surface area contributed by atoms with E-state index in [4.69, 9.17) is 4.74 Å². The van der Waals surface area contributed by atoms with E-state index in [-0.39, 0.29) is 10.8 Å². The Balaban J connectivity index is 2.49. The fourth-order valence-corrected chi connectivity index (χ4v) is 1.25. The Morgan fingerprint density at radius 3 is 3.08 bits per heavy atom. The van der Waals surface area contributed by atoms with Crippen molar-refractivity contribution in [3.8, 4) is 0 Å². The summed E-state index contributed by atoms with van der Waals surface area (Å²) in [6.07, 6.45) is 3.44. The van der Waals surface area contributed by atoms with Gasteiger partial charge in [-0.3, -0.25) is 9.78 Å². The average molecular weight is 244 g/mol. The molecule has 70 valence electrons. The molecule has 0 N–H and O–H groups in total. The molecule has 0 aliphatic carbocycles. The molecule has 1 aromatic heterocycles. The standard InChI is InChI=1S/C9H10BrNO2/c1-7(12)13-6-9(10)8-3-2-4-11-5-8/h2-5,9H,6H2,1H3. The van der Waals surface area contributed by atoms with Crippen LogP contribution in [0.2, 0.25) is 0 Å². The first-order chi connectivity index (χ1) is 6.20. The summed E-state index contributed by atoms with van der Waals surface area (Å²) >= 11 is 3.40. The molecule has 4 heteroatoms. The first-order valence-corrected chi connectivity index (χ1v) is 4.79. The molecular formula is C9H10BrNO2. The highest BCUT2D eigenvalue weighted by atomic mass is 79.9. The lowest BCUT2D eigenvalue weighted by atomic mass is 10.2. The number of nitrogens with zero attached hydrogens (tertiary/aromatic N) is 1. The molecule has 1 atom stereocenters. The highest BCUT2D eigenvalue weighted by molar-refractivity contribution is 9.09. The van der Waals surface area contributed by atoms with E-state index < -0.39 is 0 Å². The van der Waals surface area contributed by atoms with Gasteiger partial charge in [-0.2, -0.15) is 0 Å². The first-order valence-electron chi connectivity index (χ1n) is 3.87. The van der Waals surface area contributed by atoms with Crippen LogP contribution in [0.4, 0.5) is 0 Å². The Morgan fingerprint density at radius 1 is 1.77 bits per heavy atom. The third-order valence-electron chi connectivity index (χ3n) is 1.48. The van der Waals surface area contributed by atoms with Gasteiger partial charge in [-0.25, -0.2) is 0 Å². The first kappa shape index (κ1) is 10.2. The number of alkyl halides is 1. The van der Waals surface area contributed by atoms with Gasteiger partial charge in [0.2, 0.25) is 0 Å². The quantitative estimate of drug-likeness (QED) is 0.603. The fraction of sp³-hybridized carbons (Fsp3) is 0.333. The lowest BCUT2D eigenvalue weighted by molar-refractivity contribution is -0.140. The summed E-state index contributed by atoms with van der Waals surface area (Å²) in [5.41, 5.74) is 1.00. The molecule has 1 unspecified atom stereocenters. The molecule has 1 aromatic rings. The Hall–Kier alpha value is -0.900. The van der Waals surface area contributed by atoms with E-state index in [1.807, 2.05) is 12.1 Å². The maximum Gasteiger partial charge on any atom is 0.302 e. The largest absolute Gasteiger partial charge is 0.464 e. The molecule has 0 radical (unpaired) electrons. The third kappa shape index (κ3) is 3.55. The van der Waals surface area contributed by atoms with Gasteiger partial charge in [0.25, 0.3) is 0 Å². The molecule has 1 heterocycles. The van der Waals surface area contributed by atoms with Crippen molar-refractivity contribution in [3.63, 3.8) is 0 Å². The van der Waals surface area contributed by atoms with Gasteiger partial charge in [0.1, 0.15) is 6.61 Å². The Labute approximate surface area is 85.3 Å². The van der Waals surface area contributed by atoms with Crippen molar-refractivity contribution in [3.05, 3.63) is 30.1 Å². The number of esters is 1. The number of pyridine rings is 1. The van der Waals surface area contributed by atoms with E-state index in [0.717, 1.165) is 5.56 Å². The van der Waals surface area contributed by atoms with Gasteiger partial charge in [-0.15, -0.1) is 0 Å². The molecule has 0 spiro atoms. The molecule has 0 aliphatic rings. The zero-order valence-corrected chi connectivity index (χ0v) is 8.82. The van der Waals surface area contributed by atoms with Crippen LogP contribution in [0.3, 0.4) is 0 Å². The summed E-state index contributed by atoms with van der Waals surface area (Å²) < 4.78 is 4.84. The molecule has 0 saturated carbocycles. The lowest BCUT2D eigenvalue weighted by Crippen LogP contribution is -2.05. The highest BCUT2D eigenvalue weighted by Crippen LogP contribution is 2.21. The van der Waals surface area contributed by atoms with E-state index in [1.165, 1.54) is 6.92 Å². The molecule has 3 nitrogen and oxygen atoms in total. The lowest BCUT2D eigenvalue weighted by Gasteiger charge is -2.08. The van der Waals surface area contributed by atoms with E-state index in [1.54, 1.807) is 12.4 Å². The molecule has 0 bridgehead atoms. The minimum atomic E-state index is -0.270. The van der Waals surface area contributed by atoms with Gasteiger partial charge in [-0.1, -0.05) is 22.0 Å². The SMILES string of the molecule is CC(=O)OCC(Br)c1cccnc1. The smallest absolute Gasteiger partial charge is 0.302 e. The summed E-state index contributed by atoms with van der Waals surface area (Å²) in [5, 5.41) is 0. The van der Waals surface area contributed by atoms with Gasteiger partial charge >= 0.3 is 5.97 Å². The van der Waals surface area contributed by atoms with Crippen molar-refractivity contribution in [1.82, 2.24) is 4.98 Å². The van der Waals surface area contributed by atoms with Crippen molar-refractivity contribution < 1.29 is 9.53 Å². The van der Waals surface area contributed by atoms with Crippen molar-refractivity contribution in [1.29, 1.82) is 0 Å². The van der Waals surface area contributed by atoms with Crippen molar-refractivity contribution in [2.75, 3.05) is 6.61 Å². The zero-order chi connectivity index (χ0) is 9.68. The number of rotatable bonds is 3. The molecule has 1 rings (SSSR count). The van der Waals surface area contributed by atoms with Gasteiger partial charge in [0.15, 0.2) is 0 Å². The van der Waals surface area contributed by atoms with Crippen molar-refractivity contribution in [2.24, 2.45) is 0 Å². The average Bonchev–Trinajstić information content (AvgIpc) is 2.15. The molecule has 13 heavy (non-hydrogen) atoms. The Bertz CT molecular complexity index is 276. The van der Waals surface area contributed by atoms with Crippen LogP contribution < -0.4 is 0 Å². The number of carbonyl (C=O) groups excluding carboxylic acids is 1. The predicted octanol–water partition coefficient (Wildman–Crippen LogP) is 2.08. The summed E-state index contributed by atoms with van der Waals surface area (Å²) in [6.45, 7) is 1.73. The number of carbonyl (C=O) groups is 1. The van der Waals surface area contributed by atoms with Crippen LogP contribution >= 0.6 is 15.9 Å². The summed E-state index contributed by atoms with van der Waals surface area (Å²) in [6, 6.07) is 3.77. The maximum atomic E-state index is 10.5. The second kappa shape index (κ2) is 4.97. The van der Waals surface area contributed by atoms with Crippen molar-refractivity contribution >= 4 is 21.9 Å². The van der Waals surface area contributed by atoms with Gasteiger partial charge in [0, 0.05) is 19.3 Å². The number of aromatic nitrogens is 1. The number of ether oxygens (including phenoxy) is 1. The molecule has 0 fully saturated rings. The van der Waals surface area contributed by atoms with Crippen LogP contribution in [0.5, 0.6) is 0 Å². The highest BCUT2D eigenvalue weighted by Gasteiger charge is 2.08. The fourth-order valence-electron chi connectivity index (χ4n) is 0.848. The van der Waals surface area contributed by atoms with Crippen LogP contribution in [0.25, 0.3) is 0 Å². The topological polar surface area (TPSA) is 39.2 Å². The Kier molecular flexibility index (Phi) is 3.89. The molecule has 0 saturated heterocycles. The minimum Gasteiger partial charge on any atom is -0.464 e. The monoisotopic (exact) mass is 243 g/mol. The predicted molar refractivity (Wildman–Crippen MR) is 52.5 cm³/mol. The van der Waals surface area contributed by atoms with Gasteiger partial charge in [-0.05, 0) is 11.6 Å². The third-order valence-corrected chi connectivity index (χ3v) is 2.27. The molecular weight excluding hydrogens is 234 g/mol. The second-order valence-corrected chi connectivity index (χ2v) is 3.66. The molecule has 0 aliphatic heterocycles. The molecule has 0 amide bonds. The van der Waals surface area contributed by atoms with E-state index >= 15 is 0 Å². The van der Waals surface area contributed by atoms with Crippen LogP contribution in [0.15, 0.2) is 24.5 Å². The van der Waals surface area contributed by atoms with E-state index in [0.29, 0.717) is 6.61 Å². The number of halogens is 1. The van der Waals surface area contributed by atoms with Crippen LogP contribution in [-0.4, -0.2) is 17.6 Å². The van der Waals surface area contributed by atoms with Crippen LogP contribution in [0, 0.1) is 0 Å². The van der Waals surface area contributed by atoms with E-state index in [9.17, 15) is 4.79 Å². The van der Waals surface area contributed by atoms with Crippen LogP contribution in [-0.2, 0) is 9.53 Å². The summed E-state index contributed by atoms with van der Waals surface area (Å²) in [4.78, 5) is 14.5. The van der Waals surface area contributed by atoms with Gasteiger partial charge < -0.3 is 4.74 Å². The summed E-state index contributed by atoms with van der Waals surface area (Å²) in [5.74, 6) is -0.270. The summed E-state index contributed by atoms with van der Waals surface area (Å²) in [7, 11) is 0. The molecule has 0 aromatic carbocycles. The van der Waals surface area contributed by atoms with E-state index in [2.05, 4.69) is 20.9 Å². The van der Waals surface area contributed by atoms with Crippen LogP contribution in [0.1, 0.15) is 17.3 Å². The van der Waals surface area contributed by atoms with Gasteiger partial charge in [0.05, 0.1) is 4.83 Å². The Morgan fingerprint density at radius 2 is 2.54 bits per heavy atom. The number of hydrogen-bond acceptors (Lipinski definition) is 3. The van der Waals surface area contributed by atoms with Crippen molar-refractivity contribution in [2.45, 2.75) is 11.8 Å². The number of hydrogen-bond donors (Lipinski definition) is 0. The maximum absolute atomic E-state index is 10.5. The minimum absolute atomic E-state index is 0.0186. The normalized spacial score (nSPS) is 12.2. The second-order valence-electron chi connectivity index (χ2n) is 2.56.